The van der Waals surface area contributed by atoms with E-state index in [0.29, 0.717) is 30.6 Å². The summed E-state index contributed by atoms with van der Waals surface area (Å²) < 4.78 is 12.2. The number of thiazole rings is 1. The number of pyridine rings is 1. The van der Waals surface area contributed by atoms with E-state index in [9.17, 15) is 4.79 Å². The van der Waals surface area contributed by atoms with Gasteiger partial charge in [0.2, 0.25) is 11.8 Å². The second-order valence-corrected chi connectivity index (χ2v) is 13.1. The predicted molar refractivity (Wildman–Crippen MR) is 183 cm³/mol. The van der Waals surface area contributed by atoms with Crippen molar-refractivity contribution >= 4 is 39.8 Å². The molecule has 11 heteroatoms. The average Bonchev–Trinajstić information content (AvgIpc) is 3.56. The topological polar surface area (TPSA) is 114 Å². The SMILES string of the molecule is Cc1ccc2c(NCCc3cscn3)cccc2c1Oc1ncccc1-c1ccnc(N[C@H]2CCCN(C(=O)OC(C)(C)C)C2)n1. The smallest absolute Gasteiger partial charge is 0.410 e. The molecule has 0 bridgehead atoms. The molecule has 0 saturated carbocycles. The van der Waals surface area contributed by atoms with Crippen LogP contribution in [0.3, 0.4) is 0 Å². The average molecular weight is 638 g/mol. The van der Waals surface area contributed by atoms with Crippen LogP contribution in [0.2, 0.25) is 0 Å². The van der Waals surface area contributed by atoms with Crippen molar-refractivity contribution in [1.29, 1.82) is 0 Å². The van der Waals surface area contributed by atoms with Crippen LogP contribution >= 0.6 is 11.3 Å². The Balaban J connectivity index is 1.21. The van der Waals surface area contributed by atoms with E-state index in [4.69, 9.17) is 14.5 Å². The van der Waals surface area contributed by atoms with Crippen molar-refractivity contribution in [3.8, 4) is 22.9 Å². The molecule has 10 nitrogen and oxygen atoms in total. The normalized spacial score (nSPS) is 15.0. The van der Waals surface area contributed by atoms with Crippen molar-refractivity contribution in [2.75, 3.05) is 30.3 Å². The lowest BCUT2D eigenvalue weighted by molar-refractivity contribution is 0.0206. The highest BCUT2D eigenvalue weighted by molar-refractivity contribution is 7.07. The summed E-state index contributed by atoms with van der Waals surface area (Å²) in [6.07, 6.45) is 5.76. The number of fused-ring (bicyclic) bond motifs is 1. The molecule has 4 heterocycles. The van der Waals surface area contributed by atoms with Gasteiger partial charge in [-0.05, 0) is 70.4 Å². The maximum Gasteiger partial charge on any atom is 0.410 e. The summed E-state index contributed by atoms with van der Waals surface area (Å²) in [5.41, 5.74) is 5.89. The molecule has 6 rings (SSSR count). The summed E-state index contributed by atoms with van der Waals surface area (Å²) >= 11 is 1.61. The van der Waals surface area contributed by atoms with Crippen molar-refractivity contribution < 1.29 is 14.3 Å². The summed E-state index contributed by atoms with van der Waals surface area (Å²) in [7, 11) is 0. The first-order valence-electron chi connectivity index (χ1n) is 15.6. The van der Waals surface area contributed by atoms with Crippen molar-refractivity contribution in [1.82, 2.24) is 24.8 Å². The minimum absolute atomic E-state index is 0.00350. The first-order chi connectivity index (χ1) is 22.2. The maximum absolute atomic E-state index is 12.7. The molecule has 5 aromatic rings. The fraction of sp³-hybridized carbons (Fsp3) is 0.343. The molecule has 1 saturated heterocycles. The Morgan fingerprint density at radius 3 is 2.76 bits per heavy atom. The molecule has 46 heavy (non-hydrogen) atoms. The number of piperidine rings is 1. The van der Waals surface area contributed by atoms with Crippen LogP contribution in [0.25, 0.3) is 22.0 Å². The molecule has 0 spiro atoms. The van der Waals surface area contributed by atoms with Crippen LogP contribution in [-0.4, -0.2) is 62.2 Å². The Hall–Kier alpha value is -4.77. The highest BCUT2D eigenvalue weighted by Gasteiger charge is 2.28. The lowest BCUT2D eigenvalue weighted by Crippen LogP contribution is -2.47. The van der Waals surface area contributed by atoms with Crippen molar-refractivity contribution in [2.24, 2.45) is 0 Å². The predicted octanol–water partition coefficient (Wildman–Crippen LogP) is 7.72. The van der Waals surface area contributed by atoms with Crippen LogP contribution in [-0.2, 0) is 11.2 Å². The lowest BCUT2D eigenvalue weighted by atomic mass is 10.0. The number of hydrogen-bond donors (Lipinski definition) is 2. The van der Waals surface area contributed by atoms with E-state index in [1.165, 1.54) is 0 Å². The third-order valence-electron chi connectivity index (χ3n) is 7.70. The summed E-state index contributed by atoms with van der Waals surface area (Å²) in [4.78, 5) is 32.7. The van der Waals surface area contributed by atoms with Gasteiger partial charge in [0.15, 0.2) is 0 Å². The Bertz CT molecular complexity index is 1810. The van der Waals surface area contributed by atoms with Crippen LogP contribution in [0.1, 0.15) is 44.9 Å². The minimum atomic E-state index is -0.537. The second kappa shape index (κ2) is 13.7. The molecule has 2 N–H and O–H groups in total. The molecule has 0 unspecified atom stereocenters. The van der Waals surface area contributed by atoms with Gasteiger partial charge in [0.1, 0.15) is 11.4 Å². The zero-order valence-electron chi connectivity index (χ0n) is 26.6. The highest BCUT2D eigenvalue weighted by Crippen LogP contribution is 2.38. The number of nitrogens with zero attached hydrogens (tertiary/aromatic N) is 5. The van der Waals surface area contributed by atoms with Crippen LogP contribution in [0.4, 0.5) is 16.4 Å². The van der Waals surface area contributed by atoms with E-state index < -0.39 is 5.60 Å². The molecular formula is C35H39N7O3S. The summed E-state index contributed by atoms with van der Waals surface area (Å²) in [6, 6.07) is 16.1. The van der Waals surface area contributed by atoms with Crippen LogP contribution in [0, 0.1) is 6.92 Å². The van der Waals surface area contributed by atoms with E-state index in [2.05, 4.69) is 55.2 Å². The molecule has 2 aromatic carbocycles. The van der Waals surface area contributed by atoms with E-state index >= 15 is 0 Å². The Morgan fingerprint density at radius 1 is 1.04 bits per heavy atom. The third-order valence-corrected chi connectivity index (χ3v) is 8.33. The number of likely N-dealkylation sites (tertiary alicyclic amines) is 1. The number of aryl methyl sites for hydroxylation is 1. The Labute approximate surface area is 273 Å². The Kier molecular flexibility index (Phi) is 9.30. The third kappa shape index (κ3) is 7.54. The number of carbonyl (C=O) groups is 1. The fourth-order valence-corrected chi connectivity index (χ4v) is 6.12. The molecule has 0 radical (unpaired) electrons. The van der Waals surface area contributed by atoms with Crippen LogP contribution < -0.4 is 15.4 Å². The van der Waals surface area contributed by atoms with Gasteiger partial charge in [0.25, 0.3) is 0 Å². The standard InChI is InChI=1S/C35H39N7O3S/c1-23-12-13-26-27(9-5-11-29(26)36-17-14-25-21-46-22-39-25)31(23)44-32-28(10-6-16-37-32)30-15-18-38-33(41-30)40-24-8-7-19-42(20-24)34(43)45-35(2,3)4/h5-6,9-13,15-16,18,21-22,24,36H,7-8,14,17,19-20H2,1-4H3,(H,38,40,41)/t24-/m0/s1. The van der Waals surface area contributed by atoms with Gasteiger partial charge in [-0.25, -0.2) is 24.7 Å². The lowest BCUT2D eigenvalue weighted by Gasteiger charge is -2.34. The zero-order chi connectivity index (χ0) is 32.1. The molecule has 238 valence electrons. The molecule has 1 atom stereocenters. The van der Waals surface area contributed by atoms with E-state index in [1.807, 2.05) is 57.5 Å². The summed E-state index contributed by atoms with van der Waals surface area (Å²) in [5.74, 6) is 1.69. The number of benzene rings is 2. The van der Waals surface area contributed by atoms with Gasteiger partial charge in [-0.15, -0.1) is 11.3 Å². The number of anilines is 2. The quantitative estimate of drug-likeness (QED) is 0.168. The van der Waals surface area contributed by atoms with E-state index in [1.54, 1.807) is 28.6 Å². The number of aromatic nitrogens is 4. The molecule has 0 aliphatic carbocycles. The van der Waals surface area contributed by atoms with E-state index in [-0.39, 0.29) is 12.1 Å². The van der Waals surface area contributed by atoms with Gasteiger partial charge in [0, 0.05) is 66.3 Å². The van der Waals surface area contributed by atoms with E-state index in [0.717, 1.165) is 64.8 Å². The molecule has 1 aliphatic rings. The minimum Gasteiger partial charge on any atom is -0.444 e. The number of carbonyl (C=O) groups excluding carboxylic acids is 1. The van der Waals surface area contributed by atoms with Crippen molar-refractivity contribution in [2.45, 2.75) is 58.6 Å². The number of rotatable bonds is 9. The van der Waals surface area contributed by atoms with Crippen molar-refractivity contribution in [3.05, 3.63) is 83.1 Å². The van der Waals surface area contributed by atoms with Gasteiger partial charge in [-0.1, -0.05) is 24.3 Å². The first kappa shape index (κ1) is 31.2. The summed E-state index contributed by atoms with van der Waals surface area (Å²) in [5, 5.41) is 11.1. The molecular weight excluding hydrogens is 598 g/mol. The number of nitrogens with one attached hydrogen (secondary N) is 2. The van der Waals surface area contributed by atoms with Gasteiger partial charge in [0.05, 0.1) is 22.5 Å². The summed E-state index contributed by atoms with van der Waals surface area (Å²) in [6.45, 7) is 9.64. The second-order valence-electron chi connectivity index (χ2n) is 12.4. The monoisotopic (exact) mass is 637 g/mol. The van der Waals surface area contributed by atoms with Gasteiger partial charge < -0.3 is 25.0 Å². The first-order valence-corrected chi connectivity index (χ1v) is 16.5. The zero-order valence-corrected chi connectivity index (χ0v) is 27.4. The number of amides is 1. The number of hydrogen-bond acceptors (Lipinski definition) is 10. The van der Waals surface area contributed by atoms with Gasteiger partial charge in [-0.2, -0.15) is 0 Å². The number of ether oxygens (including phenoxy) is 2. The van der Waals surface area contributed by atoms with Gasteiger partial charge in [-0.3, -0.25) is 0 Å². The Morgan fingerprint density at radius 2 is 1.93 bits per heavy atom. The maximum atomic E-state index is 12.7. The largest absolute Gasteiger partial charge is 0.444 e. The van der Waals surface area contributed by atoms with Crippen LogP contribution in [0.5, 0.6) is 11.6 Å². The molecule has 1 fully saturated rings. The highest BCUT2D eigenvalue weighted by atomic mass is 32.1. The van der Waals surface area contributed by atoms with Crippen LogP contribution in [0.15, 0.2) is 71.8 Å². The molecule has 1 amide bonds. The van der Waals surface area contributed by atoms with Gasteiger partial charge >= 0.3 is 6.09 Å². The molecule has 3 aromatic heterocycles. The van der Waals surface area contributed by atoms with Crippen molar-refractivity contribution in [3.63, 3.8) is 0 Å². The molecule has 1 aliphatic heterocycles. The fourth-order valence-electron chi connectivity index (χ4n) is 5.53.